The molecular weight excluding hydrogens is 460 g/mol. The molecule has 9 heteroatoms. The number of nitrogens with one attached hydrogen (secondary N) is 1. The SMILES string of the molecule is COC(=O)c1ccccc1S(=O)(=O)N(Cc1cccs1)Cc1cc2cccc(C)c2[nH]c1=O. The molecule has 0 fully saturated rings. The number of rotatable bonds is 7. The molecule has 0 aliphatic heterocycles. The quantitative estimate of drug-likeness (QED) is 0.401. The minimum absolute atomic E-state index is 0.0563. The molecule has 2 aromatic carbocycles. The van der Waals surface area contributed by atoms with Gasteiger partial charge in [0, 0.05) is 23.5 Å². The molecule has 170 valence electrons. The molecule has 4 rings (SSSR count). The lowest BCUT2D eigenvalue weighted by Crippen LogP contribution is -2.33. The fourth-order valence-corrected chi connectivity index (χ4v) is 6.02. The van der Waals surface area contributed by atoms with Crippen LogP contribution in [0.15, 0.2) is 75.7 Å². The van der Waals surface area contributed by atoms with Crippen molar-refractivity contribution in [1.29, 1.82) is 0 Å². The van der Waals surface area contributed by atoms with E-state index in [2.05, 4.69) is 4.98 Å². The van der Waals surface area contributed by atoms with Crippen molar-refractivity contribution in [3.63, 3.8) is 0 Å². The van der Waals surface area contributed by atoms with Crippen LogP contribution in [-0.4, -0.2) is 30.8 Å². The van der Waals surface area contributed by atoms with Gasteiger partial charge in [-0.15, -0.1) is 11.3 Å². The number of para-hydroxylation sites is 1. The minimum atomic E-state index is -4.15. The first-order valence-electron chi connectivity index (χ1n) is 10.1. The molecule has 0 aliphatic rings. The molecule has 0 aliphatic carbocycles. The number of pyridine rings is 1. The topological polar surface area (TPSA) is 96.5 Å². The second kappa shape index (κ2) is 9.30. The van der Waals surface area contributed by atoms with Crippen molar-refractivity contribution in [2.24, 2.45) is 0 Å². The van der Waals surface area contributed by atoms with Gasteiger partial charge in [-0.2, -0.15) is 4.31 Å². The maximum absolute atomic E-state index is 13.7. The Morgan fingerprint density at radius 2 is 1.85 bits per heavy atom. The zero-order valence-corrected chi connectivity index (χ0v) is 19.7. The average molecular weight is 483 g/mol. The average Bonchev–Trinajstić information content (AvgIpc) is 3.32. The molecule has 7 nitrogen and oxygen atoms in total. The normalized spacial score (nSPS) is 11.7. The number of hydrogen-bond acceptors (Lipinski definition) is 6. The predicted octanol–water partition coefficient (Wildman–Crippen LogP) is 4.08. The van der Waals surface area contributed by atoms with Crippen molar-refractivity contribution in [1.82, 2.24) is 9.29 Å². The second-order valence-electron chi connectivity index (χ2n) is 7.50. The summed E-state index contributed by atoms with van der Waals surface area (Å²) < 4.78 is 33.5. The number of carbonyl (C=O) groups is 1. The van der Waals surface area contributed by atoms with E-state index in [1.807, 2.05) is 42.6 Å². The first-order valence-corrected chi connectivity index (χ1v) is 12.4. The number of H-pyrrole nitrogens is 1. The predicted molar refractivity (Wildman–Crippen MR) is 128 cm³/mol. The summed E-state index contributed by atoms with van der Waals surface area (Å²) in [5, 5.41) is 2.67. The lowest BCUT2D eigenvalue weighted by molar-refractivity contribution is 0.0596. The maximum Gasteiger partial charge on any atom is 0.339 e. The lowest BCUT2D eigenvalue weighted by atomic mass is 10.1. The third-order valence-corrected chi connectivity index (χ3v) is 8.05. The first-order chi connectivity index (χ1) is 15.8. The van der Waals surface area contributed by atoms with Crippen LogP contribution in [0, 0.1) is 6.92 Å². The molecule has 0 amide bonds. The Balaban J connectivity index is 1.82. The van der Waals surface area contributed by atoms with Gasteiger partial charge in [0.25, 0.3) is 5.56 Å². The van der Waals surface area contributed by atoms with Crippen molar-refractivity contribution in [2.75, 3.05) is 7.11 Å². The molecule has 0 radical (unpaired) electrons. The molecule has 0 spiro atoms. The Bertz CT molecular complexity index is 1470. The van der Waals surface area contributed by atoms with E-state index in [4.69, 9.17) is 4.74 Å². The lowest BCUT2D eigenvalue weighted by Gasteiger charge is -2.23. The van der Waals surface area contributed by atoms with Gasteiger partial charge in [-0.05, 0) is 47.5 Å². The smallest absolute Gasteiger partial charge is 0.339 e. The number of nitrogens with zero attached hydrogens (tertiary/aromatic N) is 1. The third-order valence-electron chi connectivity index (χ3n) is 5.33. The van der Waals surface area contributed by atoms with Gasteiger partial charge in [-0.25, -0.2) is 13.2 Å². The number of ether oxygens (including phenoxy) is 1. The summed E-state index contributed by atoms with van der Waals surface area (Å²) in [4.78, 5) is 28.6. The number of thiophene rings is 1. The summed E-state index contributed by atoms with van der Waals surface area (Å²) in [5.41, 5.74) is 1.54. The second-order valence-corrected chi connectivity index (χ2v) is 10.4. The molecular formula is C24H22N2O5S2. The summed E-state index contributed by atoms with van der Waals surface area (Å²) in [6, 6.07) is 16.9. The highest BCUT2D eigenvalue weighted by Gasteiger charge is 2.30. The summed E-state index contributed by atoms with van der Waals surface area (Å²) in [6.07, 6.45) is 0. The fraction of sp³-hybridized carbons (Fsp3) is 0.167. The van der Waals surface area contributed by atoms with Crippen LogP contribution in [0.5, 0.6) is 0 Å². The molecule has 33 heavy (non-hydrogen) atoms. The summed E-state index contributed by atoms with van der Waals surface area (Å²) in [7, 11) is -2.95. The number of hydrogen-bond donors (Lipinski definition) is 1. The summed E-state index contributed by atoms with van der Waals surface area (Å²) >= 11 is 1.41. The fourth-order valence-electron chi connectivity index (χ4n) is 3.65. The van der Waals surface area contributed by atoms with E-state index < -0.39 is 16.0 Å². The van der Waals surface area contributed by atoms with E-state index in [9.17, 15) is 18.0 Å². The van der Waals surface area contributed by atoms with Crippen LogP contribution in [0.4, 0.5) is 0 Å². The van der Waals surface area contributed by atoms with E-state index in [1.54, 1.807) is 18.2 Å². The van der Waals surface area contributed by atoms with E-state index in [-0.39, 0.29) is 29.1 Å². The Kier molecular flexibility index (Phi) is 6.46. The molecule has 2 aromatic heterocycles. The van der Waals surface area contributed by atoms with Crippen molar-refractivity contribution in [3.8, 4) is 0 Å². The highest BCUT2D eigenvalue weighted by atomic mass is 32.2. The molecule has 0 atom stereocenters. The Hall–Kier alpha value is -3.27. The van der Waals surface area contributed by atoms with E-state index >= 15 is 0 Å². The van der Waals surface area contributed by atoms with E-state index in [0.29, 0.717) is 5.56 Å². The van der Waals surface area contributed by atoms with Crippen LogP contribution in [0.25, 0.3) is 10.9 Å². The van der Waals surface area contributed by atoms with Gasteiger partial charge in [0.1, 0.15) is 0 Å². The zero-order valence-electron chi connectivity index (χ0n) is 18.1. The molecule has 0 unspecified atom stereocenters. The van der Waals surface area contributed by atoms with Crippen molar-refractivity contribution in [2.45, 2.75) is 24.9 Å². The minimum Gasteiger partial charge on any atom is -0.465 e. The van der Waals surface area contributed by atoms with Crippen molar-refractivity contribution in [3.05, 3.63) is 98.0 Å². The molecule has 4 aromatic rings. The number of sulfonamides is 1. The number of aromatic amines is 1. The third kappa shape index (κ3) is 4.61. The monoisotopic (exact) mass is 482 g/mol. The maximum atomic E-state index is 13.7. The number of fused-ring (bicyclic) bond motifs is 1. The zero-order chi connectivity index (χ0) is 23.6. The summed E-state index contributed by atoms with van der Waals surface area (Å²) in [5.74, 6) is -0.746. The Labute approximate surface area is 195 Å². The number of methoxy groups -OCH3 is 1. The molecule has 1 N–H and O–H groups in total. The first kappa shape index (κ1) is 22.9. The number of esters is 1. The highest BCUT2D eigenvalue weighted by Crippen LogP contribution is 2.26. The molecule has 0 bridgehead atoms. The molecule has 0 saturated carbocycles. The van der Waals surface area contributed by atoms with Crippen LogP contribution in [0.3, 0.4) is 0 Å². The van der Waals surface area contributed by atoms with Gasteiger partial charge in [0.15, 0.2) is 0 Å². The van der Waals surface area contributed by atoms with Crippen molar-refractivity contribution < 1.29 is 17.9 Å². The van der Waals surface area contributed by atoms with E-state index in [1.165, 1.54) is 34.9 Å². The highest BCUT2D eigenvalue weighted by molar-refractivity contribution is 7.89. The number of benzene rings is 2. The summed E-state index contributed by atoms with van der Waals surface area (Å²) in [6.45, 7) is 1.80. The molecule has 2 heterocycles. The van der Waals surface area contributed by atoms with Gasteiger partial charge in [0.05, 0.1) is 23.1 Å². The van der Waals surface area contributed by atoms with Gasteiger partial charge in [-0.1, -0.05) is 36.4 Å². The van der Waals surface area contributed by atoms with Gasteiger partial charge in [-0.3, -0.25) is 4.79 Å². The number of carbonyl (C=O) groups excluding carboxylic acids is 1. The van der Waals surface area contributed by atoms with Crippen molar-refractivity contribution >= 4 is 38.2 Å². The van der Waals surface area contributed by atoms with Crippen LogP contribution in [-0.2, 0) is 27.8 Å². The van der Waals surface area contributed by atoms with Crippen LogP contribution in [0.1, 0.15) is 26.4 Å². The number of aromatic nitrogens is 1. The van der Waals surface area contributed by atoms with E-state index in [0.717, 1.165) is 21.3 Å². The van der Waals surface area contributed by atoms with Gasteiger partial charge in [0.2, 0.25) is 10.0 Å². The number of aryl methyl sites for hydroxylation is 1. The largest absolute Gasteiger partial charge is 0.465 e. The van der Waals surface area contributed by atoms with Gasteiger partial charge >= 0.3 is 5.97 Å². The molecule has 0 saturated heterocycles. The van der Waals surface area contributed by atoms with Gasteiger partial charge < -0.3 is 9.72 Å². The Morgan fingerprint density at radius 3 is 2.58 bits per heavy atom. The van der Waals surface area contributed by atoms with Crippen LogP contribution >= 0.6 is 11.3 Å². The van der Waals surface area contributed by atoms with Crippen LogP contribution in [0.2, 0.25) is 0 Å². The standard InChI is InChI=1S/C24H22N2O5S2/c1-16-7-5-8-17-13-18(23(27)25-22(16)17)14-26(15-19-9-6-12-32-19)33(29,30)21-11-4-3-10-20(21)24(28)31-2/h3-13H,14-15H2,1-2H3,(H,25,27). The van der Waals surface area contributed by atoms with Crippen LogP contribution < -0.4 is 5.56 Å². The Morgan fingerprint density at radius 1 is 1.06 bits per heavy atom.